The van der Waals surface area contributed by atoms with Crippen molar-refractivity contribution >= 4 is 11.8 Å². The first kappa shape index (κ1) is 16.3. The summed E-state index contributed by atoms with van der Waals surface area (Å²) in [5, 5.41) is 0. The zero-order valence-electron chi connectivity index (χ0n) is 13.6. The van der Waals surface area contributed by atoms with Crippen molar-refractivity contribution in [2.24, 2.45) is 4.99 Å². The normalized spacial score (nSPS) is 10.1. The van der Waals surface area contributed by atoms with Crippen LogP contribution in [0.5, 0.6) is 0 Å². The quantitative estimate of drug-likeness (QED) is 0.608. The molecule has 1 aromatic heterocycles. The van der Waals surface area contributed by atoms with Crippen LogP contribution < -0.4 is 4.90 Å². The third-order valence-electron chi connectivity index (χ3n) is 3.10. The number of hydrogen-bond acceptors (Lipinski definition) is 3. The summed E-state index contributed by atoms with van der Waals surface area (Å²) in [6.45, 7) is 6.89. The molecule has 0 fully saturated rings. The Morgan fingerprint density at radius 3 is 2.05 bits per heavy atom. The van der Waals surface area contributed by atoms with Crippen molar-refractivity contribution in [1.82, 2.24) is 14.8 Å². The highest BCUT2D eigenvalue weighted by molar-refractivity contribution is 5.79. The van der Waals surface area contributed by atoms with Crippen molar-refractivity contribution < 1.29 is 0 Å². The van der Waals surface area contributed by atoms with Gasteiger partial charge in [0.1, 0.15) is 5.82 Å². The minimum atomic E-state index is 0.650. The predicted molar refractivity (Wildman–Crippen MR) is 86.3 cm³/mol. The number of nitrogens with zero attached hydrogens (tertiary/aromatic N) is 5. The minimum absolute atomic E-state index is 0.650. The smallest absolute Gasteiger partial charge is 0.195 e. The van der Waals surface area contributed by atoms with Crippen LogP contribution in [0.3, 0.4) is 0 Å². The molecule has 5 nitrogen and oxygen atoms in total. The van der Waals surface area contributed by atoms with Crippen LogP contribution in [0.15, 0.2) is 23.3 Å². The Hall–Kier alpha value is -1.78. The zero-order chi connectivity index (χ0) is 15.1. The molecular weight excluding hydrogens is 250 g/mol. The molecule has 0 saturated heterocycles. The van der Waals surface area contributed by atoms with Crippen LogP contribution >= 0.6 is 0 Å². The maximum absolute atomic E-state index is 4.62. The molecule has 0 bridgehead atoms. The molecule has 0 N–H and O–H groups in total. The molecule has 1 aromatic rings. The van der Waals surface area contributed by atoms with E-state index < -0.39 is 0 Å². The van der Waals surface area contributed by atoms with Crippen LogP contribution in [0, 0.1) is 0 Å². The first-order valence-corrected chi connectivity index (χ1v) is 7.08. The van der Waals surface area contributed by atoms with Crippen molar-refractivity contribution in [2.45, 2.75) is 20.4 Å². The number of guanidine groups is 1. The van der Waals surface area contributed by atoms with E-state index in [2.05, 4.69) is 40.9 Å². The molecule has 0 atom stereocenters. The lowest BCUT2D eigenvalue weighted by Gasteiger charge is -2.22. The zero-order valence-corrected chi connectivity index (χ0v) is 13.6. The molecule has 0 spiro atoms. The summed E-state index contributed by atoms with van der Waals surface area (Å²) in [5.41, 5.74) is 1.13. The van der Waals surface area contributed by atoms with Gasteiger partial charge >= 0.3 is 0 Å². The average molecular weight is 277 g/mol. The summed E-state index contributed by atoms with van der Waals surface area (Å²) in [6.07, 6.45) is 1.92. The Balaban J connectivity index is 2.77. The van der Waals surface area contributed by atoms with Gasteiger partial charge < -0.3 is 14.7 Å². The maximum Gasteiger partial charge on any atom is 0.195 e. The monoisotopic (exact) mass is 277 g/mol. The van der Waals surface area contributed by atoms with Gasteiger partial charge in [-0.25, -0.2) is 9.98 Å². The lowest BCUT2D eigenvalue weighted by atomic mass is 10.3. The Morgan fingerprint density at radius 2 is 1.65 bits per heavy atom. The average Bonchev–Trinajstić information content (AvgIpc) is 2.41. The van der Waals surface area contributed by atoms with E-state index in [0.717, 1.165) is 30.4 Å². The molecule has 0 aliphatic rings. The second-order valence-corrected chi connectivity index (χ2v) is 5.10. The number of rotatable bonds is 5. The Kier molecular flexibility index (Phi) is 6.28. The molecular formula is C15H27N5. The van der Waals surface area contributed by atoms with Crippen LogP contribution in [0.2, 0.25) is 0 Å². The second kappa shape index (κ2) is 7.72. The topological polar surface area (TPSA) is 35.0 Å². The molecule has 0 unspecified atom stereocenters. The molecule has 112 valence electrons. The first-order valence-electron chi connectivity index (χ1n) is 7.08. The molecule has 0 aromatic carbocycles. The molecule has 0 aliphatic carbocycles. The summed E-state index contributed by atoms with van der Waals surface area (Å²) in [4.78, 5) is 15.4. The molecule has 0 aliphatic heterocycles. The summed E-state index contributed by atoms with van der Waals surface area (Å²) in [5.74, 6) is 1.99. The second-order valence-electron chi connectivity index (χ2n) is 5.10. The maximum atomic E-state index is 4.62. The summed E-state index contributed by atoms with van der Waals surface area (Å²) in [7, 11) is 8.00. The summed E-state index contributed by atoms with van der Waals surface area (Å²) >= 11 is 0. The lowest BCUT2D eigenvalue weighted by molar-refractivity contribution is 0.479. The molecule has 5 heteroatoms. The van der Waals surface area contributed by atoms with Crippen LogP contribution in [0.1, 0.15) is 19.4 Å². The van der Waals surface area contributed by atoms with Gasteiger partial charge in [-0.05, 0) is 25.5 Å². The van der Waals surface area contributed by atoms with Crippen LogP contribution in [0.25, 0.3) is 0 Å². The van der Waals surface area contributed by atoms with E-state index in [4.69, 9.17) is 0 Å². The van der Waals surface area contributed by atoms with E-state index in [1.165, 1.54) is 0 Å². The Labute approximate surface area is 122 Å². The van der Waals surface area contributed by atoms with E-state index in [1.54, 1.807) is 0 Å². The van der Waals surface area contributed by atoms with E-state index in [1.807, 2.05) is 44.2 Å². The van der Waals surface area contributed by atoms with Gasteiger partial charge in [0, 0.05) is 47.5 Å². The number of aliphatic imine (C=N–C) groups is 1. The fourth-order valence-corrected chi connectivity index (χ4v) is 2.09. The number of aromatic nitrogens is 1. The highest BCUT2D eigenvalue weighted by Crippen LogP contribution is 2.11. The predicted octanol–water partition coefficient (Wildman–Crippen LogP) is 1.91. The van der Waals surface area contributed by atoms with Crippen molar-refractivity contribution in [3.63, 3.8) is 0 Å². The first-order chi connectivity index (χ1) is 9.49. The summed E-state index contributed by atoms with van der Waals surface area (Å²) < 4.78 is 0. The molecule has 1 heterocycles. The van der Waals surface area contributed by atoms with E-state index in [0.29, 0.717) is 6.54 Å². The Morgan fingerprint density at radius 1 is 1.05 bits per heavy atom. The molecule has 0 radical (unpaired) electrons. The third kappa shape index (κ3) is 4.40. The largest absolute Gasteiger partial charge is 0.357 e. The van der Waals surface area contributed by atoms with Crippen molar-refractivity contribution in [3.05, 3.63) is 23.9 Å². The van der Waals surface area contributed by atoms with Gasteiger partial charge in [-0.2, -0.15) is 0 Å². The fraction of sp³-hybridized carbons (Fsp3) is 0.600. The SMILES string of the molecule is CCN(CC)c1ccc(CN=C(N(C)C)N(C)C)cn1. The minimum Gasteiger partial charge on any atom is -0.357 e. The molecule has 0 saturated carbocycles. The molecule has 0 amide bonds. The van der Waals surface area contributed by atoms with Crippen molar-refractivity contribution in [1.29, 1.82) is 0 Å². The van der Waals surface area contributed by atoms with Gasteiger partial charge in [0.15, 0.2) is 5.96 Å². The van der Waals surface area contributed by atoms with Gasteiger partial charge in [-0.1, -0.05) is 6.07 Å². The van der Waals surface area contributed by atoms with E-state index in [9.17, 15) is 0 Å². The van der Waals surface area contributed by atoms with Crippen LogP contribution in [0.4, 0.5) is 5.82 Å². The third-order valence-corrected chi connectivity index (χ3v) is 3.10. The van der Waals surface area contributed by atoms with Gasteiger partial charge in [-0.3, -0.25) is 0 Å². The Bertz CT molecular complexity index is 408. The van der Waals surface area contributed by atoms with Gasteiger partial charge in [0.25, 0.3) is 0 Å². The number of anilines is 1. The number of hydrogen-bond donors (Lipinski definition) is 0. The van der Waals surface area contributed by atoms with Gasteiger partial charge in [0.2, 0.25) is 0 Å². The standard InChI is InChI=1S/C15H27N5/c1-7-20(8-2)14-10-9-13(11-16-14)12-17-15(18(3)4)19(5)6/h9-11H,7-8,12H2,1-6H3. The number of pyridine rings is 1. The van der Waals surface area contributed by atoms with Crippen molar-refractivity contribution in [3.8, 4) is 0 Å². The van der Waals surface area contributed by atoms with E-state index in [-0.39, 0.29) is 0 Å². The molecule has 20 heavy (non-hydrogen) atoms. The van der Waals surface area contributed by atoms with Crippen LogP contribution in [-0.4, -0.2) is 62.0 Å². The fourth-order valence-electron chi connectivity index (χ4n) is 2.09. The van der Waals surface area contributed by atoms with Gasteiger partial charge in [0.05, 0.1) is 6.54 Å². The van der Waals surface area contributed by atoms with Crippen molar-refractivity contribution in [2.75, 3.05) is 46.2 Å². The van der Waals surface area contributed by atoms with Crippen LogP contribution in [-0.2, 0) is 6.54 Å². The highest BCUT2D eigenvalue weighted by Gasteiger charge is 2.05. The van der Waals surface area contributed by atoms with E-state index >= 15 is 0 Å². The van der Waals surface area contributed by atoms with Gasteiger partial charge in [-0.15, -0.1) is 0 Å². The molecule has 1 rings (SSSR count). The highest BCUT2D eigenvalue weighted by atomic mass is 15.3. The lowest BCUT2D eigenvalue weighted by Crippen LogP contribution is -2.35. The summed E-state index contributed by atoms with van der Waals surface area (Å²) in [6, 6.07) is 4.18.